The van der Waals surface area contributed by atoms with Gasteiger partial charge in [-0.25, -0.2) is 0 Å². The van der Waals surface area contributed by atoms with E-state index in [4.69, 9.17) is 0 Å². The maximum atomic E-state index is 13.5. The molecule has 2 amide bonds. The van der Waals surface area contributed by atoms with E-state index in [2.05, 4.69) is 10.6 Å². The molecule has 1 fully saturated rings. The Labute approximate surface area is 212 Å². The van der Waals surface area contributed by atoms with Crippen LogP contribution in [0.15, 0.2) is 83.8 Å². The van der Waals surface area contributed by atoms with Crippen LogP contribution in [0.5, 0.6) is 0 Å². The van der Waals surface area contributed by atoms with E-state index in [0.29, 0.717) is 16.1 Å². The molecular formula is C28H27F3N2O2S. The first-order valence-corrected chi connectivity index (χ1v) is 12.8. The van der Waals surface area contributed by atoms with Gasteiger partial charge in [-0.3, -0.25) is 9.59 Å². The summed E-state index contributed by atoms with van der Waals surface area (Å²) < 4.78 is 40.4. The molecule has 0 bridgehead atoms. The molecule has 3 aromatic rings. The summed E-state index contributed by atoms with van der Waals surface area (Å²) in [7, 11) is 0. The van der Waals surface area contributed by atoms with Crippen molar-refractivity contribution in [1.82, 2.24) is 0 Å². The van der Waals surface area contributed by atoms with Crippen LogP contribution in [-0.4, -0.2) is 11.8 Å². The van der Waals surface area contributed by atoms with E-state index in [1.165, 1.54) is 30.0 Å². The summed E-state index contributed by atoms with van der Waals surface area (Å²) in [5.74, 6) is -0.566. The lowest BCUT2D eigenvalue weighted by atomic mass is 9.88. The average molecular weight is 513 g/mol. The normalized spacial score (nSPS) is 15.2. The van der Waals surface area contributed by atoms with Crippen molar-refractivity contribution in [2.75, 3.05) is 10.6 Å². The second-order valence-electron chi connectivity index (χ2n) is 8.79. The molecule has 0 aromatic heterocycles. The monoisotopic (exact) mass is 512 g/mol. The number of rotatable bonds is 7. The van der Waals surface area contributed by atoms with Gasteiger partial charge in [0.2, 0.25) is 11.8 Å². The van der Waals surface area contributed by atoms with Crippen molar-refractivity contribution in [3.8, 4) is 0 Å². The highest BCUT2D eigenvalue weighted by Crippen LogP contribution is 2.39. The number of thioether (sulfide) groups is 1. The van der Waals surface area contributed by atoms with E-state index in [0.717, 1.165) is 38.2 Å². The van der Waals surface area contributed by atoms with Crippen molar-refractivity contribution >= 4 is 35.0 Å². The third-order valence-electron chi connectivity index (χ3n) is 6.16. The van der Waals surface area contributed by atoms with E-state index in [1.807, 2.05) is 12.1 Å². The van der Waals surface area contributed by atoms with Crippen molar-refractivity contribution in [2.45, 2.75) is 48.4 Å². The standard InChI is InChI=1S/C28H27F3N2O2S/c29-28(30,31)23-16-7-8-17-24(23)33-27(35)25(19-10-3-1-4-11-19)36-22-15-9-14-21(18-22)32-26(34)20-12-5-2-6-13-20/h1,3-4,7-11,14-18,20,25H,2,5-6,12-13H2,(H,32,34)(H,33,35). The van der Waals surface area contributed by atoms with Crippen LogP contribution in [0.25, 0.3) is 0 Å². The van der Waals surface area contributed by atoms with E-state index >= 15 is 0 Å². The number of benzene rings is 3. The molecule has 2 N–H and O–H groups in total. The molecule has 1 saturated carbocycles. The molecule has 3 aromatic carbocycles. The fourth-order valence-electron chi connectivity index (χ4n) is 4.33. The Bertz CT molecular complexity index is 1190. The maximum Gasteiger partial charge on any atom is 0.418 e. The van der Waals surface area contributed by atoms with Gasteiger partial charge < -0.3 is 10.6 Å². The summed E-state index contributed by atoms with van der Waals surface area (Å²) in [6.07, 6.45) is 0.445. The molecule has 36 heavy (non-hydrogen) atoms. The van der Waals surface area contributed by atoms with E-state index in [1.54, 1.807) is 42.5 Å². The fraction of sp³-hybridized carbons (Fsp3) is 0.286. The summed E-state index contributed by atoms with van der Waals surface area (Å²) in [5, 5.41) is 4.65. The SMILES string of the molecule is O=C(Nc1cccc(SC(C(=O)Nc2ccccc2C(F)(F)F)c2ccccc2)c1)C1CCCCC1. The van der Waals surface area contributed by atoms with Gasteiger partial charge in [-0.2, -0.15) is 13.2 Å². The van der Waals surface area contributed by atoms with Gasteiger partial charge in [0.25, 0.3) is 0 Å². The Morgan fingerprint density at radius 1 is 0.833 bits per heavy atom. The molecule has 8 heteroatoms. The van der Waals surface area contributed by atoms with Crippen LogP contribution in [0, 0.1) is 5.92 Å². The number of carbonyl (C=O) groups excluding carboxylic acids is 2. The van der Waals surface area contributed by atoms with E-state index in [-0.39, 0.29) is 17.5 Å². The first-order chi connectivity index (χ1) is 17.3. The number of carbonyl (C=O) groups is 2. The number of hydrogen-bond acceptors (Lipinski definition) is 3. The molecule has 0 aliphatic heterocycles. The molecule has 4 nitrogen and oxygen atoms in total. The van der Waals surface area contributed by atoms with Gasteiger partial charge >= 0.3 is 6.18 Å². The number of halogens is 3. The smallest absolute Gasteiger partial charge is 0.326 e. The van der Waals surface area contributed by atoms with Crippen molar-refractivity contribution in [1.29, 1.82) is 0 Å². The zero-order valence-electron chi connectivity index (χ0n) is 19.6. The largest absolute Gasteiger partial charge is 0.418 e. The third-order valence-corrected chi connectivity index (χ3v) is 7.41. The Kier molecular flexibility index (Phi) is 8.36. The maximum absolute atomic E-state index is 13.5. The summed E-state index contributed by atoms with van der Waals surface area (Å²) in [6, 6.07) is 21.0. The molecule has 0 saturated heterocycles. The minimum Gasteiger partial charge on any atom is -0.326 e. The number of anilines is 2. The molecule has 1 unspecified atom stereocenters. The van der Waals surface area contributed by atoms with Crippen molar-refractivity contribution in [3.05, 3.63) is 90.0 Å². The molecule has 1 atom stereocenters. The number of hydrogen-bond donors (Lipinski definition) is 2. The van der Waals surface area contributed by atoms with Gasteiger partial charge in [0, 0.05) is 16.5 Å². The van der Waals surface area contributed by atoms with Crippen molar-refractivity contribution in [3.63, 3.8) is 0 Å². The summed E-state index contributed by atoms with van der Waals surface area (Å²) >= 11 is 1.21. The Morgan fingerprint density at radius 3 is 2.25 bits per heavy atom. The van der Waals surface area contributed by atoms with Gasteiger partial charge in [-0.15, -0.1) is 11.8 Å². The molecule has 1 aliphatic rings. The van der Waals surface area contributed by atoms with Crippen LogP contribution in [0.1, 0.15) is 48.5 Å². The lowest BCUT2D eigenvalue weighted by Crippen LogP contribution is -2.24. The van der Waals surface area contributed by atoms with Crippen LogP contribution < -0.4 is 10.6 Å². The average Bonchev–Trinajstić information content (AvgIpc) is 2.88. The van der Waals surface area contributed by atoms with Gasteiger partial charge in [0.05, 0.1) is 11.3 Å². The molecule has 4 rings (SSSR count). The predicted molar refractivity (Wildman–Crippen MR) is 137 cm³/mol. The quantitative estimate of drug-likeness (QED) is 0.319. The Balaban J connectivity index is 1.54. The second-order valence-corrected chi connectivity index (χ2v) is 9.97. The minimum atomic E-state index is -4.59. The first-order valence-electron chi connectivity index (χ1n) is 11.9. The van der Waals surface area contributed by atoms with Crippen LogP contribution in [0.2, 0.25) is 0 Å². The van der Waals surface area contributed by atoms with Crippen LogP contribution in [-0.2, 0) is 15.8 Å². The lowest BCUT2D eigenvalue weighted by Gasteiger charge is -2.21. The number of nitrogens with one attached hydrogen (secondary N) is 2. The van der Waals surface area contributed by atoms with Gasteiger partial charge in [-0.05, 0) is 48.7 Å². The number of amides is 2. The van der Waals surface area contributed by atoms with Gasteiger partial charge in [0.1, 0.15) is 5.25 Å². The zero-order valence-corrected chi connectivity index (χ0v) is 20.4. The third kappa shape index (κ3) is 6.69. The molecule has 0 spiro atoms. The predicted octanol–water partition coefficient (Wildman–Crippen LogP) is 7.70. The summed E-state index contributed by atoms with van der Waals surface area (Å²) in [4.78, 5) is 26.7. The molecular weight excluding hydrogens is 485 g/mol. The highest BCUT2D eigenvalue weighted by molar-refractivity contribution is 8.00. The van der Waals surface area contributed by atoms with Crippen molar-refractivity contribution < 1.29 is 22.8 Å². The van der Waals surface area contributed by atoms with E-state index < -0.39 is 22.9 Å². The number of alkyl halides is 3. The van der Waals surface area contributed by atoms with Crippen LogP contribution in [0.4, 0.5) is 24.5 Å². The lowest BCUT2D eigenvalue weighted by molar-refractivity contribution is -0.137. The summed E-state index contributed by atoms with van der Waals surface area (Å²) in [5.41, 5.74) is 0.0963. The second kappa shape index (κ2) is 11.6. The van der Waals surface area contributed by atoms with Gasteiger partial charge in [0.15, 0.2) is 0 Å². The highest BCUT2D eigenvalue weighted by atomic mass is 32.2. The Morgan fingerprint density at radius 2 is 1.53 bits per heavy atom. The van der Waals surface area contributed by atoms with Crippen LogP contribution >= 0.6 is 11.8 Å². The number of para-hydroxylation sites is 1. The van der Waals surface area contributed by atoms with Crippen LogP contribution in [0.3, 0.4) is 0 Å². The molecule has 1 aliphatic carbocycles. The summed E-state index contributed by atoms with van der Waals surface area (Å²) in [6.45, 7) is 0. The highest BCUT2D eigenvalue weighted by Gasteiger charge is 2.34. The zero-order chi connectivity index (χ0) is 25.5. The Hall–Kier alpha value is -3.26. The first kappa shape index (κ1) is 25.8. The topological polar surface area (TPSA) is 58.2 Å². The van der Waals surface area contributed by atoms with Gasteiger partial charge in [-0.1, -0.05) is 67.8 Å². The molecule has 0 radical (unpaired) electrons. The molecule has 188 valence electrons. The molecule has 0 heterocycles. The van der Waals surface area contributed by atoms with E-state index in [9.17, 15) is 22.8 Å². The fourth-order valence-corrected chi connectivity index (χ4v) is 5.41. The minimum absolute atomic E-state index is 0.00189. The van der Waals surface area contributed by atoms with Crippen molar-refractivity contribution in [2.24, 2.45) is 5.92 Å².